The van der Waals surface area contributed by atoms with E-state index in [0.29, 0.717) is 22.4 Å². The second-order valence-electron chi connectivity index (χ2n) is 6.96. The molecule has 0 fully saturated rings. The van der Waals surface area contributed by atoms with Gasteiger partial charge in [0.15, 0.2) is 0 Å². The van der Waals surface area contributed by atoms with Crippen molar-refractivity contribution in [3.05, 3.63) is 112 Å². The first-order chi connectivity index (χ1) is 16.1. The number of H-pyrrole nitrogens is 1. The van der Waals surface area contributed by atoms with Crippen LogP contribution in [-0.2, 0) is 0 Å². The molecule has 3 aromatic carbocycles. The van der Waals surface area contributed by atoms with Gasteiger partial charge in [-0.1, -0.05) is 84.9 Å². The molecule has 1 aromatic heterocycles. The minimum absolute atomic E-state index is 0.0754. The van der Waals surface area contributed by atoms with Crippen LogP contribution in [-0.4, -0.2) is 28.3 Å². The van der Waals surface area contributed by atoms with E-state index in [4.69, 9.17) is 0 Å². The van der Waals surface area contributed by atoms with E-state index in [1.54, 1.807) is 36.4 Å². The number of rotatable bonds is 6. The molecular formula is C25H17N4O4-. The van der Waals surface area contributed by atoms with Crippen molar-refractivity contribution in [2.45, 2.75) is 0 Å². The zero-order valence-electron chi connectivity index (χ0n) is 17.2. The molecule has 0 unspecified atom stereocenters. The first-order valence-corrected chi connectivity index (χ1v) is 9.93. The van der Waals surface area contributed by atoms with E-state index in [1.165, 1.54) is 18.3 Å². The van der Waals surface area contributed by atoms with Gasteiger partial charge in [-0.3, -0.25) is 9.59 Å². The summed E-state index contributed by atoms with van der Waals surface area (Å²) >= 11 is 0. The van der Waals surface area contributed by atoms with Crippen LogP contribution in [0.15, 0.2) is 94.8 Å². The molecule has 0 aliphatic carbocycles. The molecule has 162 valence electrons. The number of carboxylic acids is 1. The summed E-state index contributed by atoms with van der Waals surface area (Å²) in [6.45, 7) is 0. The van der Waals surface area contributed by atoms with Crippen LogP contribution in [0.4, 0.5) is 0 Å². The van der Waals surface area contributed by atoms with Gasteiger partial charge >= 0.3 is 0 Å². The number of aromatic amines is 1. The van der Waals surface area contributed by atoms with Crippen LogP contribution in [0.1, 0.15) is 26.3 Å². The summed E-state index contributed by atoms with van der Waals surface area (Å²) in [5, 5.41) is 21.7. The lowest BCUT2D eigenvalue weighted by molar-refractivity contribution is -0.255. The molecule has 33 heavy (non-hydrogen) atoms. The predicted molar refractivity (Wildman–Crippen MR) is 122 cm³/mol. The summed E-state index contributed by atoms with van der Waals surface area (Å²) in [4.78, 5) is 37.0. The van der Waals surface area contributed by atoms with E-state index in [-0.39, 0.29) is 16.7 Å². The van der Waals surface area contributed by atoms with Gasteiger partial charge in [0.2, 0.25) is 0 Å². The van der Waals surface area contributed by atoms with Gasteiger partial charge in [0, 0.05) is 22.3 Å². The van der Waals surface area contributed by atoms with Gasteiger partial charge in [0.1, 0.15) is 5.56 Å². The maximum absolute atomic E-state index is 13.1. The molecule has 0 saturated heterocycles. The zero-order chi connectivity index (χ0) is 23.2. The summed E-state index contributed by atoms with van der Waals surface area (Å²) in [6, 6.07) is 24.2. The van der Waals surface area contributed by atoms with Crippen LogP contribution in [0.5, 0.6) is 0 Å². The summed E-state index contributed by atoms with van der Waals surface area (Å²) in [5.74, 6) is -2.13. The van der Waals surface area contributed by atoms with E-state index in [0.717, 1.165) is 0 Å². The Balaban J connectivity index is 1.77. The van der Waals surface area contributed by atoms with Crippen molar-refractivity contribution in [1.82, 2.24) is 15.6 Å². The second kappa shape index (κ2) is 9.52. The molecule has 4 aromatic rings. The second-order valence-corrected chi connectivity index (χ2v) is 6.96. The number of amides is 1. The number of nitrogens with zero attached hydrogens (tertiary/aromatic N) is 2. The SMILES string of the molecule is O=C([O-])c1ccccc1C=NNC(=O)c1c(-c2ccccc2)c(-c2ccccc2)n[nH]c1=O. The molecule has 1 amide bonds. The number of hydrogen-bond donors (Lipinski definition) is 2. The van der Waals surface area contributed by atoms with Gasteiger partial charge in [-0.05, 0) is 5.56 Å². The van der Waals surface area contributed by atoms with Crippen LogP contribution in [0.2, 0.25) is 0 Å². The first-order valence-electron chi connectivity index (χ1n) is 9.93. The Labute approximate surface area is 188 Å². The Hall–Kier alpha value is -4.85. The number of aromatic carboxylic acids is 1. The van der Waals surface area contributed by atoms with Gasteiger partial charge in [-0.15, -0.1) is 0 Å². The van der Waals surface area contributed by atoms with Crippen LogP contribution in [0.3, 0.4) is 0 Å². The molecule has 0 bridgehead atoms. The monoisotopic (exact) mass is 437 g/mol. The Morgan fingerprint density at radius 3 is 2.15 bits per heavy atom. The lowest BCUT2D eigenvalue weighted by Crippen LogP contribution is -2.29. The van der Waals surface area contributed by atoms with Crippen molar-refractivity contribution < 1.29 is 14.7 Å². The Morgan fingerprint density at radius 1 is 0.879 bits per heavy atom. The Bertz CT molecular complexity index is 1400. The molecule has 8 heteroatoms. The maximum atomic E-state index is 13.1. The van der Waals surface area contributed by atoms with E-state index < -0.39 is 17.4 Å². The number of hydrogen-bond acceptors (Lipinski definition) is 6. The third kappa shape index (κ3) is 4.59. The fourth-order valence-electron chi connectivity index (χ4n) is 3.37. The van der Waals surface area contributed by atoms with Gasteiger partial charge in [-0.25, -0.2) is 10.5 Å². The average Bonchev–Trinajstić information content (AvgIpc) is 2.85. The number of carbonyl (C=O) groups is 2. The summed E-state index contributed by atoms with van der Waals surface area (Å²) in [6.07, 6.45) is 1.18. The quantitative estimate of drug-likeness (QED) is 0.353. The minimum Gasteiger partial charge on any atom is -0.545 e. The van der Waals surface area contributed by atoms with Gasteiger partial charge in [-0.2, -0.15) is 10.2 Å². The number of nitrogens with one attached hydrogen (secondary N) is 2. The molecular weight excluding hydrogens is 420 g/mol. The third-order valence-corrected chi connectivity index (χ3v) is 4.87. The lowest BCUT2D eigenvalue weighted by Gasteiger charge is -2.13. The molecule has 1 heterocycles. The largest absolute Gasteiger partial charge is 0.545 e. The number of aromatic nitrogens is 2. The number of benzene rings is 3. The predicted octanol–water partition coefficient (Wildman–Crippen LogP) is 2.23. The van der Waals surface area contributed by atoms with E-state index in [2.05, 4.69) is 20.7 Å². The smallest absolute Gasteiger partial charge is 0.277 e. The van der Waals surface area contributed by atoms with Crippen molar-refractivity contribution in [3.8, 4) is 22.4 Å². The van der Waals surface area contributed by atoms with Crippen LogP contribution in [0.25, 0.3) is 22.4 Å². The van der Waals surface area contributed by atoms with Gasteiger partial charge in [0.25, 0.3) is 11.5 Å². The molecule has 0 aliphatic rings. The fourth-order valence-corrected chi connectivity index (χ4v) is 3.37. The van der Waals surface area contributed by atoms with Crippen molar-refractivity contribution in [3.63, 3.8) is 0 Å². The average molecular weight is 437 g/mol. The highest BCUT2D eigenvalue weighted by molar-refractivity contribution is 6.04. The van der Waals surface area contributed by atoms with Gasteiger partial charge in [0.05, 0.1) is 17.9 Å². The molecule has 0 aliphatic heterocycles. The molecule has 4 rings (SSSR count). The molecule has 0 spiro atoms. The van der Waals surface area contributed by atoms with E-state index >= 15 is 0 Å². The van der Waals surface area contributed by atoms with E-state index in [1.807, 2.05) is 36.4 Å². The molecule has 0 saturated carbocycles. The Kier molecular flexibility index (Phi) is 6.17. The summed E-state index contributed by atoms with van der Waals surface area (Å²) in [7, 11) is 0. The third-order valence-electron chi connectivity index (χ3n) is 4.87. The number of carboxylic acid groups (broad SMARTS) is 1. The van der Waals surface area contributed by atoms with Crippen LogP contribution in [0, 0.1) is 0 Å². The summed E-state index contributed by atoms with van der Waals surface area (Å²) < 4.78 is 0. The van der Waals surface area contributed by atoms with Crippen LogP contribution < -0.4 is 16.1 Å². The molecule has 0 atom stereocenters. The van der Waals surface area contributed by atoms with Crippen molar-refractivity contribution in [1.29, 1.82) is 0 Å². The van der Waals surface area contributed by atoms with E-state index in [9.17, 15) is 19.5 Å². The van der Waals surface area contributed by atoms with Crippen molar-refractivity contribution in [2.24, 2.45) is 5.10 Å². The van der Waals surface area contributed by atoms with Gasteiger partial charge < -0.3 is 9.90 Å². The van der Waals surface area contributed by atoms with Crippen molar-refractivity contribution in [2.75, 3.05) is 0 Å². The van der Waals surface area contributed by atoms with Crippen LogP contribution >= 0.6 is 0 Å². The maximum Gasteiger partial charge on any atom is 0.277 e. The Morgan fingerprint density at radius 2 is 1.48 bits per heavy atom. The summed E-state index contributed by atoms with van der Waals surface area (Å²) in [5.41, 5.74) is 3.76. The topological polar surface area (TPSA) is 127 Å². The normalized spacial score (nSPS) is 10.8. The fraction of sp³-hybridized carbons (Fsp3) is 0. The molecule has 2 N–H and O–H groups in total. The lowest BCUT2D eigenvalue weighted by atomic mass is 9.95. The minimum atomic E-state index is -1.37. The highest BCUT2D eigenvalue weighted by Gasteiger charge is 2.22. The first kappa shape index (κ1) is 21.4. The molecule has 0 radical (unpaired) electrons. The van der Waals surface area contributed by atoms with Crippen molar-refractivity contribution >= 4 is 18.1 Å². The number of carbonyl (C=O) groups excluding carboxylic acids is 2. The molecule has 8 nitrogen and oxygen atoms in total. The standard InChI is InChI=1S/C25H18N4O4/c30-23(28-26-15-18-13-7-8-14-19(18)25(32)33)21-20(16-9-3-1-4-10-16)22(27-29-24(21)31)17-11-5-2-6-12-17/h1-15H,(H,28,30)(H,29,31)(H,32,33)/p-1. The highest BCUT2D eigenvalue weighted by atomic mass is 16.4. The zero-order valence-corrected chi connectivity index (χ0v) is 17.2. The number of hydrazone groups is 1. The highest BCUT2D eigenvalue weighted by Crippen LogP contribution is 2.31.